The molecule has 1 aromatic heterocycles. The summed E-state index contributed by atoms with van der Waals surface area (Å²) in [6.45, 7) is 3.80. The number of nitrogens with zero attached hydrogens (tertiary/aromatic N) is 1. The summed E-state index contributed by atoms with van der Waals surface area (Å²) in [6.07, 6.45) is 3.14. The number of rotatable bonds is 5. The minimum Gasteiger partial charge on any atom is -0.338 e. The summed E-state index contributed by atoms with van der Waals surface area (Å²) in [5.74, 6) is 0.461. The fourth-order valence-electron chi connectivity index (χ4n) is 3.23. The van der Waals surface area contributed by atoms with Gasteiger partial charge in [0.05, 0.1) is 6.04 Å². The Morgan fingerprint density at radius 1 is 1.30 bits per heavy atom. The van der Waals surface area contributed by atoms with Crippen molar-refractivity contribution in [3.8, 4) is 0 Å². The zero-order chi connectivity index (χ0) is 16.1. The molecule has 2 heterocycles. The maximum Gasteiger partial charge on any atom is 0.317 e. The quantitative estimate of drug-likeness (QED) is 0.841. The van der Waals surface area contributed by atoms with Gasteiger partial charge in [-0.2, -0.15) is 0 Å². The van der Waals surface area contributed by atoms with Crippen LogP contribution in [0.15, 0.2) is 47.8 Å². The summed E-state index contributed by atoms with van der Waals surface area (Å²) < 4.78 is 0. The van der Waals surface area contributed by atoms with Crippen LogP contribution < -0.4 is 5.32 Å². The molecule has 0 bridgehead atoms. The lowest BCUT2D eigenvalue weighted by Gasteiger charge is -2.24. The van der Waals surface area contributed by atoms with Crippen LogP contribution in [0, 0.1) is 0 Å². The molecule has 1 aliphatic rings. The van der Waals surface area contributed by atoms with E-state index >= 15 is 0 Å². The van der Waals surface area contributed by atoms with Gasteiger partial charge in [-0.1, -0.05) is 43.3 Å². The Labute approximate surface area is 142 Å². The molecule has 1 aliphatic heterocycles. The lowest BCUT2D eigenvalue weighted by Crippen LogP contribution is -2.39. The second kappa shape index (κ2) is 7.64. The van der Waals surface area contributed by atoms with Gasteiger partial charge in [0.25, 0.3) is 0 Å². The van der Waals surface area contributed by atoms with E-state index in [0.29, 0.717) is 5.92 Å². The number of carbonyl (C=O) groups is 1. The van der Waals surface area contributed by atoms with E-state index in [0.717, 1.165) is 32.4 Å². The molecule has 3 nitrogen and oxygen atoms in total. The van der Waals surface area contributed by atoms with E-state index in [1.807, 2.05) is 11.0 Å². The lowest BCUT2D eigenvalue weighted by atomic mass is 9.98. The van der Waals surface area contributed by atoms with Gasteiger partial charge in [-0.15, -0.1) is 11.3 Å². The van der Waals surface area contributed by atoms with E-state index in [2.05, 4.69) is 54.0 Å². The van der Waals surface area contributed by atoms with E-state index in [1.54, 1.807) is 11.3 Å². The Balaban J connectivity index is 1.49. The molecule has 122 valence electrons. The largest absolute Gasteiger partial charge is 0.338 e. The van der Waals surface area contributed by atoms with E-state index < -0.39 is 0 Å². The average molecular weight is 328 g/mol. The Morgan fingerprint density at radius 2 is 2.13 bits per heavy atom. The van der Waals surface area contributed by atoms with Gasteiger partial charge in [-0.05, 0) is 42.2 Å². The van der Waals surface area contributed by atoms with Gasteiger partial charge in [0.2, 0.25) is 0 Å². The van der Waals surface area contributed by atoms with Gasteiger partial charge in [0, 0.05) is 18.0 Å². The first-order valence-electron chi connectivity index (χ1n) is 8.38. The second-order valence-corrected chi connectivity index (χ2v) is 7.18. The van der Waals surface area contributed by atoms with E-state index in [4.69, 9.17) is 0 Å². The van der Waals surface area contributed by atoms with Crippen molar-refractivity contribution < 1.29 is 4.79 Å². The molecule has 0 radical (unpaired) electrons. The summed E-state index contributed by atoms with van der Waals surface area (Å²) in [6, 6.07) is 15.0. The van der Waals surface area contributed by atoms with Crippen LogP contribution in [0.2, 0.25) is 0 Å². The van der Waals surface area contributed by atoms with Gasteiger partial charge in [-0.3, -0.25) is 0 Å². The highest BCUT2D eigenvalue weighted by Crippen LogP contribution is 2.34. The van der Waals surface area contributed by atoms with Gasteiger partial charge in [-0.25, -0.2) is 4.79 Å². The minimum atomic E-state index is 0.0844. The van der Waals surface area contributed by atoms with Crippen molar-refractivity contribution in [2.24, 2.45) is 0 Å². The monoisotopic (exact) mass is 328 g/mol. The predicted molar refractivity (Wildman–Crippen MR) is 95.9 cm³/mol. The molecule has 0 aliphatic carbocycles. The zero-order valence-electron chi connectivity index (χ0n) is 13.6. The third kappa shape index (κ3) is 3.94. The molecule has 2 atom stereocenters. The van der Waals surface area contributed by atoms with Crippen molar-refractivity contribution in [3.05, 3.63) is 58.3 Å². The summed E-state index contributed by atoms with van der Waals surface area (Å²) in [5.41, 5.74) is 1.33. The zero-order valence-corrected chi connectivity index (χ0v) is 14.4. The minimum absolute atomic E-state index is 0.0844. The van der Waals surface area contributed by atoms with Crippen LogP contribution >= 0.6 is 11.3 Å². The molecular formula is C19H24N2OS. The van der Waals surface area contributed by atoms with Gasteiger partial charge < -0.3 is 10.2 Å². The molecule has 3 rings (SSSR count). The van der Waals surface area contributed by atoms with Crippen molar-refractivity contribution >= 4 is 17.4 Å². The van der Waals surface area contributed by atoms with Crippen LogP contribution in [0.1, 0.15) is 48.6 Å². The van der Waals surface area contributed by atoms with E-state index in [1.165, 1.54) is 10.4 Å². The van der Waals surface area contributed by atoms with Crippen LogP contribution in [-0.4, -0.2) is 24.0 Å². The number of hydrogen-bond donors (Lipinski definition) is 1. The highest BCUT2D eigenvalue weighted by molar-refractivity contribution is 7.10. The maximum absolute atomic E-state index is 12.5. The SMILES string of the molecule is CC(CCNC(=O)N1CCCC1c1cccs1)c1ccccc1. The molecular weight excluding hydrogens is 304 g/mol. The molecule has 1 N–H and O–H groups in total. The van der Waals surface area contributed by atoms with Crippen LogP contribution in [0.4, 0.5) is 4.79 Å². The van der Waals surface area contributed by atoms with Crippen molar-refractivity contribution in [2.45, 2.75) is 38.1 Å². The fraction of sp³-hybridized carbons (Fsp3) is 0.421. The molecule has 1 fully saturated rings. The predicted octanol–water partition coefficient (Wildman–Crippen LogP) is 4.79. The molecule has 4 heteroatoms. The molecule has 0 saturated carbocycles. The third-order valence-electron chi connectivity index (χ3n) is 4.61. The Bertz CT molecular complexity index is 612. The second-order valence-electron chi connectivity index (χ2n) is 6.20. The number of benzene rings is 1. The molecule has 2 amide bonds. The first-order chi connectivity index (χ1) is 11.3. The first kappa shape index (κ1) is 16.1. The van der Waals surface area contributed by atoms with Crippen LogP contribution in [0.5, 0.6) is 0 Å². The number of hydrogen-bond acceptors (Lipinski definition) is 2. The number of likely N-dealkylation sites (tertiary alicyclic amines) is 1. The Hall–Kier alpha value is -1.81. The normalized spacial score (nSPS) is 18.8. The number of urea groups is 1. The molecule has 1 aromatic carbocycles. The number of amides is 2. The highest BCUT2D eigenvalue weighted by Gasteiger charge is 2.30. The standard InChI is InChI=1S/C19H24N2OS/c1-15(16-7-3-2-4-8-16)11-12-20-19(22)21-13-5-9-17(21)18-10-6-14-23-18/h2-4,6-8,10,14-15,17H,5,9,11-13H2,1H3,(H,20,22). The smallest absolute Gasteiger partial charge is 0.317 e. The van der Waals surface area contributed by atoms with Crippen molar-refractivity contribution in [3.63, 3.8) is 0 Å². The number of thiophene rings is 1. The van der Waals surface area contributed by atoms with Crippen molar-refractivity contribution in [1.82, 2.24) is 10.2 Å². The van der Waals surface area contributed by atoms with Gasteiger partial charge >= 0.3 is 6.03 Å². The topological polar surface area (TPSA) is 32.3 Å². The van der Waals surface area contributed by atoms with Crippen molar-refractivity contribution in [2.75, 3.05) is 13.1 Å². The summed E-state index contributed by atoms with van der Waals surface area (Å²) >= 11 is 1.75. The van der Waals surface area contributed by atoms with E-state index in [-0.39, 0.29) is 12.1 Å². The maximum atomic E-state index is 12.5. The molecule has 2 aromatic rings. The number of carbonyl (C=O) groups excluding carboxylic acids is 1. The lowest BCUT2D eigenvalue weighted by molar-refractivity contribution is 0.193. The van der Waals surface area contributed by atoms with Crippen LogP contribution in [-0.2, 0) is 0 Å². The highest BCUT2D eigenvalue weighted by atomic mass is 32.1. The summed E-state index contributed by atoms with van der Waals surface area (Å²) in [4.78, 5) is 15.8. The first-order valence-corrected chi connectivity index (χ1v) is 9.26. The Morgan fingerprint density at radius 3 is 2.87 bits per heavy atom. The van der Waals surface area contributed by atoms with Crippen molar-refractivity contribution in [1.29, 1.82) is 0 Å². The Kier molecular flexibility index (Phi) is 5.34. The fourth-order valence-corrected chi connectivity index (χ4v) is 4.11. The average Bonchev–Trinajstić information content (AvgIpc) is 3.26. The molecule has 1 saturated heterocycles. The van der Waals surface area contributed by atoms with Gasteiger partial charge in [0.15, 0.2) is 0 Å². The van der Waals surface area contributed by atoms with Gasteiger partial charge in [0.1, 0.15) is 0 Å². The molecule has 2 unspecified atom stereocenters. The molecule has 23 heavy (non-hydrogen) atoms. The molecule has 0 spiro atoms. The van der Waals surface area contributed by atoms with Crippen LogP contribution in [0.3, 0.4) is 0 Å². The summed E-state index contributed by atoms with van der Waals surface area (Å²) in [7, 11) is 0. The van der Waals surface area contributed by atoms with Crippen LogP contribution in [0.25, 0.3) is 0 Å². The summed E-state index contributed by atoms with van der Waals surface area (Å²) in [5, 5.41) is 5.20. The third-order valence-corrected chi connectivity index (χ3v) is 5.58. The van der Waals surface area contributed by atoms with E-state index in [9.17, 15) is 4.79 Å². The number of nitrogens with one attached hydrogen (secondary N) is 1.